The number of fused-ring (bicyclic) bond motifs is 1. The maximum absolute atomic E-state index is 13.8. The molecule has 1 N–H and O–H groups in total. The molecule has 4 rings (SSSR count). The van der Waals surface area contributed by atoms with Gasteiger partial charge < -0.3 is 15.0 Å². The monoisotopic (exact) mass is 412 g/mol. The number of ether oxygens (including phenoxy) is 1. The number of likely N-dealkylation sites (tertiary alicyclic amines) is 1. The summed E-state index contributed by atoms with van der Waals surface area (Å²) < 4.78 is 7.68. The Kier molecular flexibility index (Phi) is 5.56. The summed E-state index contributed by atoms with van der Waals surface area (Å²) >= 11 is 0. The highest BCUT2D eigenvalue weighted by Crippen LogP contribution is 2.41. The van der Waals surface area contributed by atoms with Gasteiger partial charge in [-0.15, -0.1) is 0 Å². The Morgan fingerprint density at radius 1 is 1.27 bits per heavy atom. The lowest BCUT2D eigenvalue weighted by Crippen LogP contribution is -2.48. The van der Waals surface area contributed by atoms with Gasteiger partial charge in [0.2, 0.25) is 0 Å². The molecule has 1 amide bonds. The number of anilines is 1. The second-order valence-corrected chi connectivity index (χ2v) is 9.71. The molecular weight excluding hydrogens is 376 g/mol. The van der Waals surface area contributed by atoms with Crippen molar-refractivity contribution < 1.29 is 9.53 Å². The molecule has 1 aromatic heterocycles. The second kappa shape index (κ2) is 7.88. The number of hydrogen-bond donors (Lipinski definition) is 1. The van der Waals surface area contributed by atoms with Gasteiger partial charge in [0, 0.05) is 31.2 Å². The minimum Gasteiger partial charge on any atom is -0.380 e. The molecule has 0 spiro atoms. The molecule has 0 aromatic carbocycles. The normalized spacial score (nSPS) is 29.0. The number of rotatable bonds is 5. The van der Waals surface area contributed by atoms with Crippen LogP contribution in [0.15, 0.2) is 30.5 Å². The first-order chi connectivity index (χ1) is 14.3. The van der Waals surface area contributed by atoms with Gasteiger partial charge in [0.15, 0.2) is 0 Å². The molecule has 0 saturated carbocycles. The smallest absolute Gasteiger partial charge is 0.259 e. The van der Waals surface area contributed by atoms with E-state index in [0.717, 1.165) is 37.9 Å². The third-order valence-corrected chi connectivity index (χ3v) is 7.61. The van der Waals surface area contributed by atoms with Crippen LogP contribution in [0.2, 0.25) is 0 Å². The average Bonchev–Trinajstić information content (AvgIpc) is 3.36. The van der Waals surface area contributed by atoms with Gasteiger partial charge in [-0.25, -0.2) is 4.68 Å². The van der Waals surface area contributed by atoms with E-state index in [4.69, 9.17) is 4.74 Å². The fourth-order valence-corrected chi connectivity index (χ4v) is 5.63. The Labute approximate surface area is 180 Å². The number of nitrogens with one attached hydrogen (secondary N) is 1. The first-order valence-electron chi connectivity index (χ1n) is 11.4. The van der Waals surface area contributed by atoms with E-state index in [2.05, 4.69) is 67.3 Å². The van der Waals surface area contributed by atoms with Crippen LogP contribution in [0.1, 0.15) is 70.2 Å². The number of carbonyl (C=O) groups excluding carboxylic acids is 1. The van der Waals surface area contributed by atoms with Crippen molar-refractivity contribution in [2.24, 2.45) is 5.92 Å². The number of nitrogens with zero attached hydrogens (tertiary/aromatic N) is 3. The molecule has 3 aliphatic rings. The summed E-state index contributed by atoms with van der Waals surface area (Å²) in [5.74, 6) is 1.37. The van der Waals surface area contributed by atoms with Crippen LogP contribution in [0.4, 0.5) is 5.82 Å². The number of hydrogen-bond acceptors (Lipinski definition) is 4. The Morgan fingerprint density at radius 3 is 2.67 bits per heavy atom. The van der Waals surface area contributed by atoms with Gasteiger partial charge >= 0.3 is 0 Å². The molecule has 1 saturated heterocycles. The number of amides is 1. The van der Waals surface area contributed by atoms with E-state index in [1.807, 2.05) is 4.68 Å². The molecule has 164 valence electrons. The molecule has 1 aromatic rings. The molecule has 1 aliphatic carbocycles. The van der Waals surface area contributed by atoms with Crippen LogP contribution in [0.5, 0.6) is 0 Å². The highest BCUT2D eigenvalue weighted by Gasteiger charge is 2.47. The van der Waals surface area contributed by atoms with Crippen LogP contribution in [0.3, 0.4) is 0 Å². The van der Waals surface area contributed by atoms with E-state index in [-0.39, 0.29) is 29.1 Å². The molecule has 6 heteroatoms. The van der Waals surface area contributed by atoms with Crippen molar-refractivity contribution in [1.29, 1.82) is 0 Å². The molecule has 30 heavy (non-hydrogen) atoms. The summed E-state index contributed by atoms with van der Waals surface area (Å²) in [4.78, 5) is 15.9. The molecule has 2 aliphatic heterocycles. The standard InChI is InChI=1S/C24H36N4O2/c1-6-24(7-2)13-18(30-5)16-27(24)22(29)19-15-25-28-21(19)26-20(14-23(28,3)4)17-11-9-8-10-12-17/h8-11,15,17-18,20,26H,6-7,12-14,16H2,1-5H3/t17?,18-,20+/m0/s1. The van der Waals surface area contributed by atoms with Crippen LogP contribution in [-0.4, -0.2) is 51.9 Å². The van der Waals surface area contributed by atoms with Gasteiger partial charge in [-0.1, -0.05) is 38.2 Å². The van der Waals surface area contributed by atoms with Gasteiger partial charge in [0.05, 0.1) is 17.8 Å². The Hall–Kier alpha value is -2.08. The van der Waals surface area contributed by atoms with Crippen molar-refractivity contribution in [2.75, 3.05) is 19.0 Å². The van der Waals surface area contributed by atoms with Crippen molar-refractivity contribution in [3.63, 3.8) is 0 Å². The number of allylic oxidation sites excluding steroid dienone is 3. The van der Waals surface area contributed by atoms with Crippen molar-refractivity contribution >= 4 is 11.7 Å². The largest absolute Gasteiger partial charge is 0.380 e. The lowest BCUT2D eigenvalue weighted by atomic mass is 9.82. The number of aromatic nitrogens is 2. The Balaban J connectivity index is 1.67. The maximum atomic E-state index is 13.8. The Bertz CT molecular complexity index is 849. The maximum Gasteiger partial charge on any atom is 0.259 e. The summed E-state index contributed by atoms with van der Waals surface area (Å²) in [6, 6.07) is 0.282. The zero-order valence-electron chi connectivity index (χ0n) is 19.0. The minimum atomic E-state index is -0.147. The first-order valence-corrected chi connectivity index (χ1v) is 11.4. The van der Waals surface area contributed by atoms with Crippen LogP contribution < -0.4 is 5.32 Å². The summed E-state index contributed by atoms with van der Waals surface area (Å²) in [5, 5.41) is 8.36. The fourth-order valence-electron chi connectivity index (χ4n) is 5.63. The van der Waals surface area contributed by atoms with E-state index in [9.17, 15) is 4.79 Å². The van der Waals surface area contributed by atoms with Gasteiger partial charge in [-0.05, 0) is 46.0 Å². The molecule has 3 heterocycles. The van der Waals surface area contributed by atoms with Crippen molar-refractivity contribution in [2.45, 2.75) is 83.0 Å². The lowest BCUT2D eigenvalue weighted by molar-refractivity contribution is 0.0564. The summed E-state index contributed by atoms with van der Waals surface area (Å²) in [6.07, 6.45) is 15.4. The molecule has 1 unspecified atom stereocenters. The number of carbonyl (C=O) groups is 1. The van der Waals surface area contributed by atoms with Crippen molar-refractivity contribution in [1.82, 2.24) is 14.7 Å². The quantitative estimate of drug-likeness (QED) is 0.781. The second-order valence-electron chi connectivity index (χ2n) is 9.71. The van der Waals surface area contributed by atoms with Gasteiger partial charge in [0.25, 0.3) is 5.91 Å². The summed E-state index contributed by atoms with van der Waals surface area (Å²) in [5.41, 5.74) is 0.393. The van der Waals surface area contributed by atoms with E-state index in [0.29, 0.717) is 18.0 Å². The highest BCUT2D eigenvalue weighted by molar-refractivity contribution is 5.99. The van der Waals surface area contributed by atoms with Crippen LogP contribution in [0, 0.1) is 5.92 Å². The predicted octanol–water partition coefficient (Wildman–Crippen LogP) is 4.35. The molecule has 1 fully saturated rings. The molecule has 3 atom stereocenters. The van der Waals surface area contributed by atoms with E-state index < -0.39 is 0 Å². The van der Waals surface area contributed by atoms with E-state index >= 15 is 0 Å². The molecule has 0 bridgehead atoms. The lowest BCUT2D eigenvalue weighted by Gasteiger charge is -2.41. The van der Waals surface area contributed by atoms with Crippen molar-refractivity contribution in [3.05, 3.63) is 36.1 Å². The first kappa shape index (κ1) is 21.2. The third kappa shape index (κ3) is 3.39. The average molecular weight is 413 g/mol. The SMILES string of the molecule is CCC1(CC)C[C@H](OC)CN1C(=O)c1cnn2c1N[C@@H](C1C=CC=CC1)CC2(C)C. The van der Waals surface area contributed by atoms with Crippen LogP contribution >= 0.6 is 0 Å². The zero-order chi connectivity index (χ0) is 21.5. The molecule has 6 nitrogen and oxygen atoms in total. The third-order valence-electron chi connectivity index (χ3n) is 7.61. The van der Waals surface area contributed by atoms with Crippen molar-refractivity contribution in [3.8, 4) is 0 Å². The topological polar surface area (TPSA) is 59.4 Å². The molecular formula is C24H36N4O2. The van der Waals surface area contributed by atoms with Gasteiger partial charge in [-0.3, -0.25) is 4.79 Å². The van der Waals surface area contributed by atoms with E-state index in [1.165, 1.54) is 0 Å². The Morgan fingerprint density at radius 2 is 2.03 bits per heavy atom. The van der Waals surface area contributed by atoms with Crippen LogP contribution in [0.25, 0.3) is 0 Å². The van der Waals surface area contributed by atoms with Gasteiger partial charge in [-0.2, -0.15) is 5.10 Å². The summed E-state index contributed by atoms with van der Waals surface area (Å²) in [6.45, 7) is 9.43. The van der Waals surface area contributed by atoms with Gasteiger partial charge in [0.1, 0.15) is 11.4 Å². The van der Waals surface area contributed by atoms with E-state index in [1.54, 1.807) is 13.3 Å². The molecule has 0 radical (unpaired) electrons. The predicted molar refractivity (Wildman–Crippen MR) is 120 cm³/mol. The highest BCUT2D eigenvalue weighted by atomic mass is 16.5. The zero-order valence-corrected chi connectivity index (χ0v) is 19.0. The fraction of sp³-hybridized carbons (Fsp3) is 0.667. The number of methoxy groups -OCH3 is 1. The summed E-state index contributed by atoms with van der Waals surface area (Å²) in [7, 11) is 1.75. The minimum absolute atomic E-state index is 0.0718. The van der Waals surface area contributed by atoms with Crippen LogP contribution in [-0.2, 0) is 10.3 Å².